The Morgan fingerprint density at radius 2 is 1.92 bits per heavy atom. The van der Waals surface area contributed by atoms with Gasteiger partial charge in [0.25, 0.3) is 0 Å². The highest BCUT2D eigenvalue weighted by molar-refractivity contribution is 6.31. The van der Waals surface area contributed by atoms with Crippen molar-refractivity contribution in [1.29, 1.82) is 0 Å². The van der Waals surface area contributed by atoms with Crippen LogP contribution in [0.5, 0.6) is 0 Å². The Kier molecular flexibility index (Phi) is 6.43. The monoisotopic (exact) mass is 350 g/mol. The van der Waals surface area contributed by atoms with E-state index in [1.54, 1.807) is 6.07 Å². The molecule has 2 rings (SSSR count). The van der Waals surface area contributed by atoms with Crippen LogP contribution in [0.1, 0.15) is 17.2 Å². The van der Waals surface area contributed by atoms with E-state index in [9.17, 15) is 15.0 Å². The number of anilines is 1. The summed E-state index contributed by atoms with van der Waals surface area (Å²) in [6, 6.07) is 13.8. The summed E-state index contributed by atoms with van der Waals surface area (Å²) in [5, 5.41) is 22.7. The van der Waals surface area contributed by atoms with Crippen LogP contribution in [0.15, 0.2) is 48.5 Å². The Hall–Kier alpha value is -2.28. The standard InChI is InChI=1S/C17H19ClN2O4/c18-14-8-12(19)6-7-13(14)16(22)15(21)9-20-17(23)24-10-11-4-2-1-3-5-11/h1-8,15-16,21-22H,9-10,19H2,(H,20,23). The maximum atomic E-state index is 11.6. The molecule has 0 aliphatic rings. The van der Waals surface area contributed by atoms with Gasteiger partial charge in [0.15, 0.2) is 0 Å². The lowest BCUT2D eigenvalue weighted by molar-refractivity contribution is 0.0185. The third-order valence-corrected chi connectivity index (χ3v) is 3.70. The van der Waals surface area contributed by atoms with E-state index in [0.717, 1.165) is 5.56 Å². The number of nitrogen functional groups attached to an aromatic ring is 1. The topological polar surface area (TPSA) is 105 Å². The van der Waals surface area contributed by atoms with E-state index >= 15 is 0 Å². The number of aliphatic hydroxyl groups is 2. The molecule has 128 valence electrons. The van der Waals surface area contributed by atoms with Gasteiger partial charge in [-0.05, 0) is 17.7 Å². The molecule has 2 atom stereocenters. The van der Waals surface area contributed by atoms with Crippen LogP contribution in [0.3, 0.4) is 0 Å². The summed E-state index contributed by atoms with van der Waals surface area (Å²) >= 11 is 5.99. The molecule has 7 heteroatoms. The minimum atomic E-state index is -1.26. The normalized spacial score (nSPS) is 13.1. The molecular weight excluding hydrogens is 332 g/mol. The first-order valence-corrected chi connectivity index (χ1v) is 7.71. The van der Waals surface area contributed by atoms with Crippen LogP contribution < -0.4 is 11.1 Å². The summed E-state index contributed by atoms with van der Waals surface area (Å²) in [5.74, 6) is 0. The van der Waals surface area contributed by atoms with Gasteiger partial charge in [-0.25, -0.2) is 4.79 Å². The third-order valence-electron chi connectivity index (χ3n) is 3.38. The lowest BCUT2D eigenvalue weighted by atomic mass is 10.0. The molecule has 5 N–H and O–H groups in total. The average Bonchev–Trinajstić information content (AvgIpc) is 2.58. The number of hydrogen-bond acceptors (Lipinski definition) is 5. The van der Waals surface area contributed by atoms with Gasteiger partial charge in [0.2, 0.25) is 0 Å². The van der Waals surface area contributed by atoms with Crippen molar-refractivity contribution in [3.05, 3.63) is 64.7 Å². The third kappa shape index (κ3) is 5.13. The molecule has 0 bridgehead atoms. The largest absolute Gasteiger partial charge is 0.445 e. The zero-order chi connectivity index (χ0) is 17.5. The van der Waals surface area contributed by atoms with Crippen molar-refractivity contribution < 1.29 is 19.7 Å². The van der Waals surface area contributed by atoms with Crippen LogP contribution in [0.25, 0.3) is 0 Å². The summed E-state index contributed by atoms with van der Waals surface area (Å²) < 4.78 is 5.02. The van der Waals surface area contributed by atoms with E-state index in [1.165, 1.54) is 12.1 Å². The van der Waals surface area contributed by atoms with Gasteiger partial charge in [-0.3, -0.25) is 0 Å². The lowest BCUT2D eigenvalue weighted by Gasteiger charge is -2.19. The second kappa shape index (κ2) is 8.54. The van der Waals surface area contributed by atoms with Crippen molar-refractivity contribution in [3.8, 4) is 0 Å². The summed E-state index contributed by atoms with van der Waals surface area (Å²) in [6.45, 7) is -0.0649. The molecule has 0 saturated heterocycles. The number of benzene rings is 2. The Bertz CT molecular complexity index is 682. The molecule has 2 aromatic rings. The average molecular weight is 351 g/mol. The number of halogens is 1. The molecule has 0 aromatic heterocycles. The number of alkyl carbamates (subject to hydrolysis) is 1. The summed E-state index contributed by atoms with van der Waals surface area (Å²) in [4.78, 5) is 11.6. The van der Waals surface area contributed by atoms with Crippen LogP contribution in [0.2, 0.25) is 5.02 Å². The van der Waals surface area contributed by atoms with Crippen molar-refractivity contribution in [2.45, 2.75) is 18.8 Å². The molecule has 0 aliphatic heterocycles. The fourth-order valence-corrected chi connectivity index (χ4v) is 2.36. The number of carbonyl (C=O) groups is 1. The molecular formula is C17H19ClN2O4. The maximum Gasteiger partial charge on any atom is 0.407 e. The number of nitrogens with one attached hydrogen (secondary N) is 1. The van der Waals surface area contributed by atoms with Crippen LogP contribution in [0.4, 0.5) is 10.5 Å². The van der Waals surface area contributed by atoms with Crippen molar-refractivity contribution in [1.82, 2.24) is 5.32 Å². The summed E-state index contributed by atoms with van der Waals surface area (Å²) in [6.07, 6.45) is -3.18. The van der Waals surface area contributed by atoms with Gasteiger partial charge in [0, 0.05) is 22.8 Å². The van der Waals surface area contributed by atoms with Crippen molar-refractivity contribution >= 4 is 23.4 Å². The number of amides is 1. The number of nitrogens with two attached hydrogens (primary N) is 1. The van der Waals surface area contributed by atoms with E-state index in [0.29, 0.717) is 11.3 Å². The van der Waals surface area contributed by atoms with Crippen LogP contribution in [-0.4, -0.2) is 29.0 Å². The fourth-order valence-electron chi connectivity index (χ4n) is 2.06. The zero-order valence-corrected chi connectivity index (χ0v) is 13.6. The van der Waals surface area contributed by atoms with Gasteiger partial charge in [-0.15, -0.1) is 0 Å². The first kappa shape index (κ1) is 18.1. The molecule has 0 heterocycles. The maximum absolute atomic E-state index is 11.6. The molecule has 0 aliphatic carbocycles. The highest BCUT2D eigenvalue weighted by Gasteiger charge is 2.21. The molecule has 2 aromatic carbocycles. The Labute approximate surface area is 144 Å². The quantitative estimate of drug-likeness (QED) is 0.598. The Morgan fingerprint density at radius 1 is 1.21 bits per heavy atom. The number of hydrogen-bond donors (Lipinski definition) is 4. The van der Waals surface area contributed by atoms with Crippen LogP contribution >= 0.6 is 11.6 Å². The van der Waals surface area contributed by atoms with Gasteiger partial charge < -0.3 is 26.0 Å². The number of carbonyl (C=O) groups excluding carboxylic acids is 1. The minimum Gasteiger partial charge on any atom is -0.445 e. The van der Waals surface area contributed by atoms with E-state index in [1.807, 2.05) is 30.3 Å². The van der Waals surface area contributed by atoms with Crippen molar-refractivity contribution in [2.75, 3.05) is 12.3 Å². The van der Waals surface area contributed by atoms with Crippen LogP contribution in [0, 0.1) is 0 Å². The second-order valence-electron chi connectivity index (χ2n) is 5.24. The molecule has 0 fully saturated rings. The van der Waals surface area contributed by atoms with E-state index in [-0.39, 0.29) is 18.2 Å². The fraction of sp³-hybridized carbons (Fsp3) is 0.235. The molecule has 1 amide bonds. The smallest absolute Gasteiger partial charge is 0.407 e. The predicted molar refractivity (Wildman–Crippen MR) is 91.5 cm³/mol. The molecule has 2 unspecified atom stereocenters. The molecule has 24 heavy (non-hydrogen) atoms. The Morgan fingerprint density at radius 3 is 2.58 bits per heavy atom. The highest BCUT2D eigenvalue weighted by atomic mass is 35.5. The van der Waals surface area contributed by atoms with E-state index < -0.39 is 18.3 Å². The zero-order valence-electron chi connectivity index (χ0n) is 12.9. The van der Waals surface area contributed by atoms with Gasteiger partial charge in [0.1, 0.15) is 18.8 Å². The predicted octanol–water partition coefficient (Wildman–Crippen LogP) is 2.24. The Balaban J connectivity index is 1.81. The number of rotatable bonds is 6. The van der Waals surface area contributed by atoms with E-state index in [4.69, 9.17) is 22.1 Å². The first-order valence-electron chi connectivity index (χ1n) is 7.33. The molecule has 0 saturated carbocycles. The SMILES string of the molecule is Nc1ccc(C(O)C(O)CNC(=O)OCc2ccccc2)c(Cl)c1. The van der Waals surface area contributed by atoms with Crippen LogP contribution in [-0.2, 0) is 11.3 Å². The lowest BCUT2D eigenvalue weighted by Crippen LogP contribution is -2.35. The van der Waals surface area contributed by atoms with Gasteiger partial charge in [-0.2, -0.15) is 0 Å². The summed E-state index contributed by atoms with van der Waals surface area (Å²) in [5.41, 5.74) is 7.21. The van der Waals surface area contributed by atoms with Gasteiger partial charge in [-0.1, -0.05) is 48.0 Å². The van der Waals surface area contributed by atoms with Gasteiger partial charge >= 0.3 is 6.09 Å². The highest BCUT2D eigenvalue weighted by Crippen LogP contribution is 2.27. The minimum absolute atomic E-state index is 0.120. The number of ether oxygens (including phenoxy) is 1. The molecule has 0 spiro atoms. The second-order valence-corrected chi connectivity index (χ2v) is 5.64. The van der Waals surface area contributed by atoms with E-state index in [2.05, 4.69) is 5.32 Å². The van der Waals surface area contributed by atoms with Gasteiger partial charge in [0.05, 0.1) is 0 Å². The number of aliphatic hydroxyl groups excluding tert-OH is 2. The summed E-state index contributed by atoms with van der Waals surface area (Å²) in [7, 11) is 0. The first-order chi connectivity index (χ1) is 11.5. The molecule has 0 radical (unpaired) electrons. The molecule has 6 nitrogen and oxygen atoms in total. The van der Waals surface area contributed by atoms with Crippen molar-refractivity contribution in [2.24, 2.45) is 0 Å². The van der Waals surface area contributed by atoms with Crippen molar-refractivity contribution in [3.63, 3.8) is 0 Å².